The molecule has 2 aromatic carbocycles. The molecule has 6 atom stereocenters. The van der Waals surface area contributed by atoms with Gasteiger partial charge in [0.2, 0.25) is 0 Å². The van der Waals surface area contributed by atoms with Gasteiger partial charge in [-0.3, -0.25) is 24.1 Å². The first-order valence-corrected chi connectivity index (χ1v) is 40.9. The molecule has 3 amide bonds. The number of unbranched alkanes of at least 4 members (excludes halogenated alkanes) is 2. The summed E-state index contributed by atoms with van der Waals surface area (Å²) in [5.74, 6) is 4.53. The van der Waals surface area contributed by atoms with Crippen LogP contribution in [0.15, 0.2) is 70.0 Å². The van der Waals surface area contributed by atoms with Crippen LogP contribution < -0.4 is 43.9 Å². The van der Waals surface area contributed by atoms with E-state index in [0.717, 1.165) is 17.4 Å². The van der Waals surface area contributed by atoms with Crippen molar-refractivity contribution in [2.75, 3.05) is 88.4 Å². The largest absolute Gasteiger partial charge is 0.490 e. The fourth-order valence-electron chi connectivity index (χ4n) is 8.59. The van der Waals surface area contributed by atoms with Gasteiger partial charge in [-0.1, -0.05) is 49.8 Å². The van der Waals surface area contributed by atoms with Crippen LogP contribution in [0.5, 0.6) is 0 Å². The molecule has 0 spiro atoms. The molecule has 6 rings (SSSR count). The molecule has 101 heavy (non-hydrogen) atoms. The van der Waals surface area contributed by atoms with Crippen LogP contribution in [-0.4, -0.2) is 177 Å². The highest BCUT2D eigenvalue weighted by molar-refractivity contribution is 8.77. The maximum atomic E-state index is 13.3. The number of ether oxygens (including phenoxy) is 6. The van der Waals surface area contributed by atoms with Crippen LogP contribution in [-0.2, 0) is 102 Å². The minimum absolute atomic E-state index is 0.00809. The van der Waals surface area contributed by atoms with E-state index in [1.165, 1.54) is 24.4 Å². The van der Waals surface area contributed by atoms with Crippen molar-refractivity contribution in [1.29, 1.82) is 0 Å². The first-order chi connectivity index (χ1) is 47.5. The number of hydrogen-bond acceptors (Lipinski definition) is 30. The molecular formula is C55H74N8O29P3S6+. The SMILES string of the molecule is CCS(=S)COC1C[C@H](n2cc(C#CCNC(=O)NCCCCCOCSSC(C)(C)CCOC(=O)CCCOCCOCCNC(=O)c3ccc(C(=O)O)c(-c4c5ccc(=[NH2+])cc-5oc5cc(N)ccc45)c3)c(N)nc2=O)O[C@@H]1OP(=O)(O)OP(=O)(O)OP(=O)(O)O.O=S(=O)=O.O=S(=O)=O. The molecule has 1 aromatic heterocycles. The highest BCUT2D eigenvalue weighted by atomic mass is 33.1. The highest BCUT2D eigenvalue weighted by Crippen LogP contribution is 2.67. The molecule has 46 heteroatoms. The fourth-order valence-corrected chi connectivity index (χ4v) is 14.6. The third-order valence-electron chi connectivity index (χ3n) is 13.0. The summed E-state index contributed by atoms with van der Waals surface area (Å²) in [7, 11) is -21.0. The number of urea groups is 1. The summed E-state index contributed by atoms with van der Waals surface area (Å²) in [5, 5.41) is 25.4. The Kier molecular flexibility index (Phi) is 37.0. The van der Waals surface area contributed by atoms with E-state index in [9.17, 15) is 52.6 Å². The molecule has 3 aliphatic rings. The molecule has 37 nitrogen and oxygen atoms in total. The summed E-state index contributed by atoms with van der Waals surface area (Å²) in [6.45, 7) is 8.15. The number of benzene rings is 3. The first-order valence-electron chi connectivity index (χ1n) is 29.6. The number of nitrogens with one attached hydrogen (secondary N) is 3. The van der Waals surface area contributed by atoms with Crippen LogP contribution in [0.25, 0.3) is 33.4 Å². The number of nitrogen functional groups attached to an aromatic ring is 2. The van der Waals surface area contributed by atoms with Gasteiger partial charge in [-0.15, -0.1) is 25.3 Å². The van der Waals surface area contributed by atoms with Gasteiger partial charge >= 0.3 is 68.3 Å². The number of phosphoric acid groups is 3. The smallest absolute Gasteiger partial charge is 0.478 e. The van der Waals surface area contributed by atoms with Gasteiger partial charge in [0.15, 0.2) is 11.6 Å². The Morgan fingerprint density at radius 1 is 0.832 bits per heavy atom. The van der Waals surface area contributed by atoms with E-state index >= 15 is 0 Å². The van der Waals surface area contributed by atoms with Crippen LogP contribution >= 0.6 is 45.1 Å². The van der Waals surface area contributed by atoms with Crippen molar-refractivity contribution < 1.29 is 134 Å². The number of carboxylic acids is 1. The van der Waals surface area contributed by atoms with Gasteiger partial charge in [0.05, 0.1) is 56.1 Å². The molecule has 3 aromatic rings. The summed E-state index contributed by atoms with van der Waals surface area (Å²) < 4.78 is 139. The molecule has 2 aliphatic heterocycles. The predicted octanol–water partition coefficient (Wildman–Crippen LogP) is 2.44. The molecule has 0 radical (unpaired) electrons. The maximum Gasteiger partial charge on any atom is 0.490 e. The number of phosphoric ester groups is 1. The number of hydrogen-bond donors (Lipinski definition) is 11. The number of rotatable bonds is 38. The number of amides is 3. The zero-order valence-electron chi connectivity index (χ0n) is 53.9. The van der Waals surface area contributed by atoms with Crippen LogP contribution in [0.1, 0.15) is 98.2 Å². The van der Waals surface area contributed by atoms with E-state index in [0.29, 0.717) is 95.2 Å². The lowest BCUT2D eigenvalue weighted by molar-refractivity contribution is -0.172. The average molecular weight is 1600 g/mol. The zero-order valence-corrected chi connectivity index (χ0v) is 61.5. The molecule has 1 saturated heterocycles. The molecule has 4 unspecified atom stereocenters. The lowest BCUT2D eigenvalue weighted by atomic mass is 9.89. The Morgan fingerprint density at radius 2 is 1.52 bits per heavy atom. The number of aromatic carboxylic acids is 1. The van der Waals surface area contributed by atoms with Crippen molar-refractivity contribution in [3.63, 3.8) is 0 Å². The number of nitrogens with zero attached hydrogens (tertiary/aromatic N) is 2. The fraction of sp³-hybridized carbons (Fsp3) is 0.473. The highest BCUT2D eigenvalue weighted by Gasteiger charge is 2.47. The Bertz CT molecular complexity index is 4220. The lowest BCUT2D eigenvalue weighted by Crippen LogP contribution is -2.44. The number of fused-ring (bicyclic) bond motifs is 2. The van der Waals surface area contributed by atoms with Crippen molar-refractivity contribution in [1.82, 2.24) is 25.5 Å². The molecule has 3 heterocycles. The van der Waals surface area contributed by atoms with Gasteiger partial charge < -0.3 is 84.9 Å². The number of carbonyl (C=O) groups is 4. The lowest BCUT2D eigenvalue weighted by Gasteiger charge is -2.22. The molecular weight excluding hydrogens is 1520 g/mol. The van der Waals surface area contributed by atoms with Gasteiger partial charge in [-0.2, -0.15) is 13.6 Å². The summed E-state index contributed by atoms with van der Waals surface area (Å²) in [6, 6.07) is 14.0. The first kappa shape index (κ1) is 87.0. The van der Waals surface area contributed by atoms with E-state index in [4.69, 9.17) is 100 Å². The maximum absolute atomic E-state index is 13.3. The van der Waals surface area contributed by atoms with Crippen molar-refractivity contribution in [3.05, 3.63) is 93.3 Å². The third-order valence-corrected chi connectivity index (χ3v) is 21.9. The molecule has 0 saturated carbocycles. The number of esters is 1. The van der Waals surface area contributed by atoms with Crippen LogP contribution in [0.2, 0.25) is 0 Å². The number of nitrogens with two attached hydrogens (primary N) is 3. The van der Waals surface area contributed by atoms with Gasteiger partial charge in [0.1, 0.15) is 35.4 Å². The molecule has 0 bridgehead atoms. The Labute approximate surface area is 594 Å². The third kappa shape index (κ3) is 33.3. The molecule has 1 aliphatic carbocycles. The van der Waals surface area contributed by atoms with Gasteiger partial charge in [0.25, 0.3) is 5.91 Å². The van der Waals surface area contributed by atoms with Crippen molar-refractivity contribution >= 4 is 133 Å². The normalized spacial score (nSPS) is 15.8. The Morgan fingerprint density at radius 3 is 2.21 bits per heavy atom. The Balaban J connectivity index is 0.00000256. The zero-order chi connectivity index (χ0) is 75.1. The van der Waals surface area contributed by atoms with Gasteiger partial charge in [0, 0.05) is 90.0 Å². The van der Waals surface area contributed by atoms with Crippen molar-refractivity contribution in [3.8, 4) is 34.3 Å². The molecule has 1 fully saturated rings. The summed E-state index contributed by atoms with van der Waals surface area (Å²) in [4.78, 5) is 105. The predicted molar refractivity (Wildman–Crippen MR) is 366 cm³/mol. The van der Waals surface area contributed by atoms with E-state index < -0.39 is 96.4 Å². The summed E-state index contributed by atoms with van der Waals surface area (Å²) in [5.41, 5.74) is 13.6. The number of carbonyl (C=O) groups excluding carboxylic acids is 3. The topological polar surface area (TPSA) is 568 Å². The second kappa shape index (κ2) is 43.0. The average Bonchev–Trinajstić information content (AvgIpc) is 1.25. The quantitative estimate of drug-likeness (QED) is 0.00395. The van der Waals surface area contributed by atoms with E-state index in [2.05, 4.69) is 55.2 Å². The molecule has 14 N–H and O–H groups in total. The summed E-state index contributed by atoms with van der Waals surface area (Å²) in [6.07, 6.45) is -0.00269. The second-order valence-electron chi connectivity index (χ2n) is 21.1. The molecule has 558 valence electrons. The van der Waals surface area contributed by atoms with E-state index in [1.54, 1.807) is 64.9 Å². The standard InChI is InChI=1S/C55H73N8O23P3S4.2O3S/c1-4-93(90)34-81-45-31-46(83-52(45)84-88(73,74)86-89(75,76)85-87(70,71)72)63-32-36(49(58)62-54(63)69)10-8-20-61-53(68)60-19-6-5-7-22-79-33-91-92-55(2,3)18-24-80-47(64)11-9-23-77-26-27-78-25-21-59-50(65)35-12-15-39(51(66)67)42(28-35)48-40-16-13-37(56)29-43(40)82-44-30-38(57)14-17-41(44)48;2*1-4(2)3/h12-17,28-30,32,45-46,52,56H,4-7,9,11,18-27,31,33-34,57H2,1-3H3,(H,59,65)(H,66,67)(H,73,74)(H,75,76)(H2,58,62,69)(H2,60,61,68)(H2,70,71,72);;/p+1/t45?,46-,52-,93?;;/m1../s1. The Hall–Kier alpha value is -6.43. The van der Waals surface area contributed by atoms with Gasteiger partial charge in [-0.25, -0.2) is 28.1 Å². The van der Waals surface area contributed by atoms with E-state index in [-0.39, 0.29) is 91.5 Å². The minimum atomic E-state index is -5.86. The second-order valence-corrected chi connectivity index (χ2v) is 32.4. The van der Waals surface area contributed by atoms with Gasteiger partial charge in [-0.05, 0) is 105 Å². The van der Waals surface area contributed by atoms with Crippen LogP contribution in [0, 0.1) is 11.8 Å². The van der Waals surface area contributed by atoms with Crippen LogP contribution in [0.3, 0.4) is 0 Å². The van der Waals surface area contributed by atoms with Crippen molar-refractivity contribution in [2.45, 2.75) is 89.1 Å². The summed E-state index contributed by atoms with van der Waals surface area (Å²) >= 11 is 5.28. The van der Waals surface area contributed by atoms with Crippen LogP contribution in [0.4, 0.5) is 16.3 Å². The number of carboxylic acid groups (broad SMARTS) is 1. The minimum Gasteiger partial charge on any atom is -0.478 e. The number of anilines is 2. The number of aromatic nitrogens is 2. The van der Waals surface area contributed by atoms with Crippen molar-refractivity contribution in [2.24, 2.45) is 0 Å². The monoisotopic (exact) mass is 1600 g/mol. The van der Waals surface area contributed by atoms with E-state index in [1.807, 2.05) is 0 Å².